The van der Waals surface area contributed by atoms with Crippen molar-refractivity contribution in [2.24, 2.45) is 11.7 Å². The fraction of sp³-hybridized carbons (Fsp3) is 0.500. The maximum absolute atomic E-state index is 13.5. The smallest absolute Gasteiger partial charge is 0.165 e. The standard InChI is InChI=1S/C14H20FNO/c1-10(7-8-16)4-6-14(17)12-9-11(2)3-5-13(12)15/h3,5,9-10H,4,6-8,16H2,1-2H3. The second-order valence-electron chi connectivity index (χ2n) is 4.63. The summed E-state index contributed by atoms with van der Waals surface area (Å²) in [7, 11) is 0. The van der Waals surface area contributed by atoms with E-state index in [2.05, 4.69) is 6.92 Å². The van der Waals surface area contributed by atoms with Gasteiger partial charge in [0.15, 0.2) is 5.78 Å². The summed E-state index contributed by atoms with van der Waals surface area (Å²) >= 11 is 0. The molecule has 0 radical (unpaired) electrons. The van der Waals surface area contributed by atoms with Gasteiger partial charge in [0.25, 0.3) is 0 Å². The molecule has 0 aliphatic rings. The lowest BCUT2D eigenvalue weighted by Gasteiger charge is -2.09. The van der Waals surface area contributed by atoms with E-state index >= 15 is 0 Å². The van der Waals surface area contributed by atoms with Crippen LogP contribution in [0.5, 0.6) is 0 Å². The van der Waals surface area contributed by atoms with Crippen molar-refractivity contribution in [3.05, 3.63) is 35.1 Å². The van der Waals surface area contributed by atoms with Gasteiger partial charge in [0.1, 0.15) is 5.82 Å². The molecule has 0 saturated carbocycles. The van der Waals surface area contributed by atoms with Crippen molar-refractivity contribution >= 4 is 5.78 Å². The number of rotatable bonds is 6. The molecule has 0 saturated heterocycles. The number of hydrogen-bond acceptors (Lipinski definition) is 2. The highest BCUT2D eigenvalue weighted by atomic mass is 19.1. The predicted octanol–water partition coefficient (Wildman–Crippen LogP) is 3.08. The number of halogens is 1. The molecule has 2 N–H and O–H groups in total. The van der Waals surface area contributed by atoms with E-state index in [-0.39, 0.29) is 11.3 Å². The van der Waals surface area contributed by atoms with Gasteiger partial charge in [-0.3, -0.25) is 4.79 Å². The summed E-state index contributed by atoms with van der Waals surface area (Å²) in [6.45, 7) is 4.55. The summed E-state index contributed by atoms with van der Waals surface area (Å²) in [4.78, 5) is 11.9. The van der Waals surface area contributed by atoms with Crippen molar-refractivity contribution < 1.29 is 9.18 Å². The van der Waals surface area contributed by atoms with E-state index in [0.29, 0.717) is 18.9 Å². The molecule has 0 aliphatic carbocycles. The van der Waals surface area contributed by atoms with Crippen molar-refractivity contribution in [3.63, 3.8) is 0 Å². The number of nitrogens with two attached hydrogens (primary N) is 1. The molecule has 0 bridgehead atoms. The van der Waals surface area contributed by atoms with Gasteiger partial charge in [-0.2, -0.15) is 0 Å². The van der Waals surface area contributed by atoms with Crippen LogP contribution in [0.15, 0.2) is 18.2 Å². The van der Waals surface area contributed by atoms with E-state index in [1.807, 2.05) is 6.92 Å². The summed E-state index contributed by atoms with van der Waals surface area (Å²) in [5.41, 5.74) is 6.57. The number of ketones is 1. The van der Waals surface area contributed by atoms with Crippen LogP contribution in [-0.2, 0) is 0 Å². The molecule has 3 heteroatoms. The molecular weight excluding hydrogens is 217 g/mol. The maximum Gasteiger partial charge on any atom is 0.165 e. The zero-order valence-electron chi connectivity index (χ0n) is 10.5. The third kappa shape index (κ3) is 4.27. The highest BCUT2D eigenvalue weighted by molar-refractivity contribution is 5.96. The lowest BCUT2D eigenvalue weighted by Crippen LogP contribution is -2.09. The van der Waals surface area contributed by atoms with Crippen LogP contribution in [0.25, 0.3) is 0 Å². The lowest BCUT2D eigenvalue weighted by atomic mass is 9.97. The van der Waals surface area contributed by atoms with Crippen molar-refractivity contribution in [1.82, 2.24) is 0 Å². The summed E-state index contributed by atoms with van der Waals surface area (Å²) < 4.78 is 13.5. The van der Waals surface area contributed by atoms with Crippen LogP contribution in [0.4, 0.5) is 4.39 Å². The van der Waals surface area contributed by atoms with Crippen molar-refractivity contribution in [1.29, 1.82) is 0 Å². The topological polar surface area (TPSA) is 43.1 Å². The second kappa shape index (κ2) is 6.50. The Morgan fingerprint density at radius 3 is 2.76 bits per heavy atom. The first-order valence-corrected chi connectivity index (χ1v) is 6.04. The van der Waals surface area contributed by atoms with Crippen LogP contribution < -0.4 is 5.73 Å². The van der Waals surface area contributed by atoms with E-state index in [1.165, 1.54) is 6.07 Å². The van der Waals surface area contributed by atoms with Gasteiger partial charge < -0.3 is 5.73 Å². The van der Waals surface area contributed by atoms with Crippen molar-refractivity contribution in [2.75, 3.05) is 6.54 Å². The summed E-state index contributed by atoms with van der Waals surface area (Å²) in [6.07, 6.45) is 2.06. The Balaban J connectivity index is 2.61. The Bertz CT molecular complexity index is 390. The molecule has 0 heterocycles. The van der Waals surface area contributed by atoms with E-state index in [4.69, 9.17) is 5.73 Å². The van der Waals surface area contributed by atoms with Crippen LogP contribution in [0.2, 0.25) is 0 Å². The van der Waals surface area contributed by atoms with Gasteiger partial charge in [-0.25, -0.2) is 4.39 Å². The fourth-order valence-corrected chi connectivity index (χ4v) is 1.79. The molecule has 0 aromatic heterocycles. The van der Waals surface area contributed by atoms with E-state index in [0.717, 1.165) is 18.4 Å². The average molecular weight is 237 g/mol. The van der Waals surface area contributed by atoms with Gasteiger partial charge in [0.05, 0.1) is 5.56 Å². The SMILES string of the molecule is Cc1ccc(F)c(C(=O)CCC(C)CCN)c1. The molecule has 1 atom stereocenters. The molecule has 1 rings (SSSR count). The normalized spacial score (nSPS) is 12.5. The Kier molecular flexibility index (Phi) is 5.29. The molecular formula is C14H20FNO. The molecule has 1 aromatic rings. The van der Waals surface area contributed by atoms with Crippen LogP contribution in [-0.4, -0.2) is 12.3 Å². The Morgan fingerprint density at radius 1 is 1.41 bits per heavy atom. The summed E-state index contributed by atoms with van der Waals surface area (Å²) in [6, 6.07) is 4.64. The Morgan fingerprint density at radius 2 is 2.12 bits per heavy atom. The zero-order valence-corrected chi connectivity index (χ0v) is 10.5. The number of Topliss-reactive ketones (excluding diaryl/α,β-unsaturated/α-hetero) is 1. The second-order valence-corrected chi connectivity index (χ2v) is 4.63. The first-order chi connectivity index (χ1) is 8.04. The van der Waals surface area contributed by atoms with Crippen molar-refractivity contribution in [2.45, 2.75) is 33.1 Å². The molecule has 0 amide bonds. The molecule has 17 heavy (non-hydrogen) atoms. The summed E-state index contributed by atoms with van der Waals surface area (Å²) in [5, 5.41) is 0. The molecule has 0 spiro atoms. The predicted molar refractivity (Wildman–Crippen MR) is 67.5 cm³/mol. The van der Waals surface area contributed by atoms with Crippen LogP contribution in [0, 0.1) is 18.7 Å². The van der Waals surface area contributed by atoms with Gasteiger partial charge in [0.2, 0.25) is 0 Å². The van der Waals surface area contributed by atoms with E-state index < -0.39 is 5.82 Å². The third-order valence-corrected chi connectivity index (χ3v) is 2.95. The molecule has 1 aromatic carbocycles. The molecule has 94 valence electrons. The minimum absolute atomic E-state index is 0.116. The quantitative estimate of drug-likeness (QED) is 0.773. The number of carbonyl (C=O) groups is 1. The monoisotopic (exact) mass is 237 g/mol. The number of benzene rings is 1. The van der Waals surface area contributed by atoms with Gasteiger partial charge in [-0.05, 0) is 44.4 Å². The van der Waals surface area contributed by atoms with Gasteiger partial charge in [-0.15, -0.1) is 0 Å². The number of aryl methyl sites for hydroxylation is 1. The minimum atomic E-state index is -0.424. The highest BCUT2D eigenvalue weighted by Gasteiger charge is 2.13. The number of hydrogen-bond donors (Lipinski definition) is 1. The number of carbonyl (C=O) groups excluding carboxylic acids is 1. The lowest BCUT2D eigenvalue weighted by molar-refractivity contribution is 0.0970. The zero-order chi connectivity index (χ0) is 12.8. The molecule has 0 fully saturated rings. The third-order valence-electron chi connectivity index (χ3n) is 2.95. The van der Waals surface area contributed by atoms with Crippen LogP contribution in [0.1, 0.15) is 42.1 Å². The Hall–Kier alpha value is -1.22. The van der Waals surface area contributed by atoms with Gasteiger partial charge in [-0.1, -0.05) is 18.6 Å². The van der Waals surface area contributed by atoms with Gasteiger partial charge in [0, 0.05) is 6.42 Å². The maximum atomic E-state index is 13.5. The fourth-order valence-electron chi connectivity index (χ4n) is 1.79. The molecule has 2 nitrogen and oxygen atoms in total. The summed E-state index contributed by atoms with van der Waals surface area (Å²) in [5.74, 6) is -0.126. The first-order valence-electron chi connectivity index (χ1n) is 6.04. The van der Waals surface area contributed by atoms with Crippen LogP contribution >= 0.6 is 0 Å². The largest absolute Gasteiger partial charge is 0.330 e. The Labute approximate surface area is 102 Å². The van der Waals surface area contributed by atoms with Crippen molar-refractivity contribution in [3.8, 4) is 0 Å². The molecule has 1 unspecified atom stereocenters. The van der Waals surface area contributed by atoms with Gasteiger partial charge >= 0.3 is 0 Å². The highest BCUT2D eigenvalue weighted by Crippen LogP contribution is 2.16. The van der Waals surface area contributed by atoms with E-state index in [1.54, 1.807) is 12.1 Å². The van der Waals surface area contributed by atoms with E-state index in [9.17, 15) is 9.18 Å². The minimum Gasteiger partial charge on any atom is -0.330 e. The average Bonchev–Trinajstić information content (AvgIpc) is 2.29. The molecule has 0 aliphatic heterocycles. The first kappa shape index (κ1) is 13.8. The van der Waals surface area contributed by atoms with Crippen LogP contribution in [0.3, 0.4) is 0 Å².